The van der Waals surface area contributed by atoms with Crippen molar-refractivity contribution in [1.29, 1.82) is 0 Å². The summed E-state index contributed by atoms with van der Waals surface area (Å²) in [5.74, 6) is 0.612. The monoisotopic (exact) mass is 349 g/mol. The predicted molar refractivity (Wildman–Crippen MR) is 93.9 cm³/mol. The number of rotatable bonds is 3. The molecule has 4 rings (SSSR count). The number of thiazole rings is 1. The van der Waals surface area contributed by atoms with Crippen molar-refractivity contribution in [3.05, 3.63) is 16.1 Å². The van der Waals surface area contributed by atoms with Gasteiger partial charge in [0.05, 0.1) is 19.8 Å². The first-order valence-electron chi connectivity index (χ1n) is 9.16. The molecule has 1 aromatic heterocycles. The van der Waals surface area contributed by atoms with E-state index in [1.165, 1.54) is 17.8 Å². The Bertz CT molecular complexity index is 599. The van der Waals surface area contributed by atoms with Gasteiger partial charge in [-0.2, -0.15) is 0 Å². The Hall–Kier alpha value is -0.980. The minimum Gasteiger partial charge on any atom is -0.378 e. The van der Waals surface area contributed by atoms with Gasteiger partial charge in [0.25, 0.3) is 0 Å². The summed E-state index contributed by atoms with van der Waals surface area (Å²) in [6.45, 7) is 8.10. The van der Waals surface area contributed by atoms with Gasteiger partial charge >= 0.3 is 0 Å². The van der Waals surface area contributed by atoms with Gasteiger partial charge in [0.15, 0.2) is 0 Å². The molecule has 3 heterocycles. The minimum absolute atomic E-state index is 0.210. The summed E-state index contributed by atoms with van der Waals surface area (Å²) >= 11 is 1.76. The smallest absolute Gasteiger partial charge is 0.226 e. The fourth-order valence-electron chi connectivity index (χ4n) is 4.80. The van der Waals surface area contributed by atoms with Crippen LogP contribution in [-0.2, 0) is 16.1 Å². The molecule has 0 bridgehead atoms. The summed E-state index contributed by atoms with van der Waals surface area (Å²) in [6, 6.07) is 0. The van der Waals surface area contributed by atoms with E-state index in [0.717, 1.165) is 51.3 Å². The number of morpholine rings is 1. The summed E-state index contributed by atoms with van der Waals surface area (Å²) in [5.41, 5.74) is 1.33. The molecule has 2 atom stereocenters. The van der Waals surface area contributed by atoms with E-state index < -0.39 is 0 Å². The molecule has 5 nitrogen and oxygen atoms in total. The summed E-state index contributed by atoms with van der Waals surface area (Å²) < 4.78 is 5.41. The van der Waals surface area contributed by atoms with Crippen molar-refractivity contribution in [2.45, 2.75) is 39.2 Å². The van der Waals surface area contributed by atoms with Crippen LogP contribution >= 0.6 is 11.3 Å². The van der Waals surface area contributed by atoms with Gasteiger partial charge in [0.2, 0.25) is 5.91 Å². The number of nitrogens with zero attached hydrogens (tertiary/aromatic N) is 3. The number of aromatic nitrogens is 1. The fourth-order valence-corrected chi connectivity index (χ4v) is 5.62. The summed E-state index contributed by atoms with van der Waals surface area (Å²) in [4.78, 5) is 22.2. The van der Waals surface area contributed by atoms with Crippen molar-refractivity contribution in [3.8, 4) is 0 Å². The van der Waals surface area contributed by atoms with Crippen LogP contribution in [0.4, 0.5) is 0 Å². The second-order valence-corrected chi connectivity index (χ2v) is 8.53. The molecule has 132 valence electrons. The molecule has 1 saturated carbocycles. The first kappa shape index (κ1) is 16.5. The molecule has 6 heteroatoms. The van der Waals surface area contributed by atoms with Gasteiger partial charge in [-0.15, -0.1) is 11.3 Å². The molecule has 0 aromatic carbocycles. The molecule has 1 aromatic rings. The second-order valence-electron chi connectivity index (χ2n) is 7.59. The van der Waals surface area contributed by atoms with Crippen LogP contribution in [0, 0.1) is 18.3 Å². The maximum atomic E-state index is 13.1. The Morgan fingerprint density at radius 1 is 1.38 bits per heavy atom. The molecule has 3 fully saturated rings. The fraction of sp³-hybridized carbons (Fsp3) is 0.778. The van der Waals surface area contributed by atoms with E-state index in [1.807, 2.05) is 4.90 Å². The van der Waals surface area contributed by atoms with E-state index >= 15 is 0 Å². The van der Waals surface area contributed by atoms with Gasteiger partial charge in [0, 0.05) is 36.6 Å². The van der Waals surface area contributed by atoms with Crippen LogP contribution in [0.1, 0.15) is 36.4 Å². The van der Waals surface area contributed by atoms with Crippen molar-refractivity contribution in [2.24, 2.45) is 11.3 Å². The standard InChI is InChI=1S/C18H27N3O2S/c1-14-12-24-16(19-14)11-20-6-5-18(13-20)4-2-3-15(18)17(22)21-7-9-23-10-8-21/h12,15H,2-11,13H2,1H3. The Morgan fingerprint density at radius 2 is 2.21 bits per heavy atom. The van der Waals surface area contributed by atoms with Crippen LogP contribution in [0.2, 0.25) is 0 Å². The third-order valence-corrected chi connectivity index (χ3v) is 6.97. The minimum atomic E-state index is 0.210. The number of carbonyl (C=O) groups is 1. The number of hydrogen-bond acceptors (Lipinski definition) is 5. The molecule has 24 heavy (non-hydrogen) atoms. The molecule has 1 spiro atoms. The van der Waals surface area contributed by atoms with Gasteiger partial charge < -0.3 is 9.64 Å². The summed E-state index contributed by atoms with van der Waals surface area (Å²) in [5, 5.41) is 3.33. The molecule has 1 amide bonds. The summed E-state index contributed by atoms with van der Waals surface area (Å²) in [7, 11) is 0. The molecule has 3 aliphatic rings. The summed E-state index contributed by atoms with van der Waals surface area (Å²) in [6.07, 6.45) is 4.64. The molecule has 2 aliphatic heterocycles. The van der Waals surface area contributed by atoms with Gasteiger partial charge in [0.1, 0.15) is 5.01 Å². The first-order valence-corrected chi connectivity index (χ1v) is 10.0. The Balaban J connectivity index is 1.43. The van der Waals surface area contributed by atoms with E-state index in [2.05, 4.69) is 22.2 Å². The van der Waals surface area contributed by atoms with E-state index in [1.54, 1.807) is 11.3 Å². The number of aryl methyl sites for hydroxylation is 1. The largest absolute Gasteiger partial charge is 0.378 e. The second kappa shape index (κ2) is 6.73. The maximum absolute atomic E-state index is 13.1. The van der Waals surface area contributed by atoms with E-state index in [4.69, 9.17) is 4.74 Å². The van der Waals surface area contributed by atoms with Gasteiger partial charge in [-0.1, -0.05) is 6.42 Å². The maximum Gasteiger partial charge on any atom is 0.226 e. The first-order chi connectivity index (χ1) is 11.7. The molecule has 1 aliphatic carbocycles. The highest BCUT2D eigenvalue weighted by Gasteiger charge is 2.51. The topological polar surface area (TPSA) is 45.7 Å². The van der Waals surface area contributed by atoms with Crippen LogP contribution < -0.4 is 0 Å². The Labute approximate surface area is 148 Å². The van der Waals surface area contributed by atoms with E-state index in [-0.39, 0.29) is 11.3 Å². The number of hydrogen-bond donors (Lipinski definition) is 0. The SMILES string of the molecule is Cc1csc(CN2CCC3(CCCC3C(=O)N3CCOCC3)C2)n1. The van der Waals surface area contributed by atoms with Crippen LogP contribution in [-0.4, -0.2) is 60.1 Å². The van der Waals surface area contributed by atoms with E-state index in [0.29, 0.717) is 19.1 Å². The molecule has 0 radical (unpaired) electrons. The van der Waals surface area contributed by atoms with Crippen molar-refractivity contribution in [2.75, 3.05) is 39.4 Å². The molecule has 2 unspecified atom stereocenters. The number of likely N-dealkylation sites (tertiary alicyclic amines) is 1. The van der Waals surface area contributed by atoms with Crippen LogP contribution in [0.3, 0.4) is 0 Å². The van der Waals surface area contributed by atoms with Gasteiger partial charge in [-0.3, -0.25) is 9.69 Å². The average molecular weight is 350 g/mol. The van der Waals surface area contributed by atoms with Crippen molar-refractivity contribution in [1.82, 2.24) is 14.8 Å². The predicted octanol–water partition coefficient (Wildman–Crippen LogP) is 2.30. The van der Waals surface area contributed by atoms with E-state index in [9.17, 15) is 4.79 Å². The zero-order chi connectivity index (χ0) is 16.6. The number of carbonyl (C=O) groups excluding carboxylic acids is 1. The molecular formula is C18H27N3O2S. The van der Waals surface area contributed by atoms with Crippen LogP contribution in [0.25, 0.3) is 0 Å². The highest BCUT2D eigenvalue weighted by molar-refractivity contribution is 7.09. The lowest BCUT2D eigenvalue weighted by atomic mass is 9.76. The van der Waals surface area contributed by atoms with Crippen molar-refractivity contribution < 1.29 is 9.53 Å². The third-order valence-electron chi connectivity index (χ3n) is 6.02. The van der Waals surface area contributed by atoms with Gasteiger partial charge in [-0.25, -0.2) is 4.98 Å². The zero-order valence-electron chi connectivity index (χ0n) is 14.5. The highest BCUT2D eigenvalue weighted by atomic mass is 32.1. The number of amides is 1. The normalized spacial score (nSPS) is 31.2. The van der Waals surface area contributed by atoms with Crippen LogP contribution in [0.5, 0.6) is 0 Å². The molecular weight excluding hydrogens is 322 g/mol. The third kappa shape index (κ3) is 3.11. The quantitative estimate of drug-likeness (QED) is 0.840. The average Bonchev–Trinajstić information content (AvgIpc) is 3.30. The van der Waals surface area contributed by atoms with Crippen molar-refractivity contribution >= 4 is 17.2 Å². The van der Waals surface area contributed by atoms with Crippen molar-refractivity contribution in [3.63, 3.8) is 0 Å². The number of ether oxygens (including phenoxy) is 1. The lowest BCUT2D eigenvalue weighted by molar-refractivity contribution is -0.143. The zero-order valence-corrected chi connectivity index (χ0v) is 15.3. The Morgan fingerprint density at radius 3 is 2.96 bits per heavy atom. The lowest BCUT2D eigenvalue weighted by Gasteiger charge is -2.36. The molecule has 0 N–H and O–H groups in total. The van der Waals surface area contributed by atoms with Gasteiger partial charge in [-0.05, 0) is 38.1 Å². The molecule has 2 saturated heterocycles. The lowest BCUT2D eigenvalue weighted by Crippen LogP contribution is -2.47. The highest BCUT2D eigenvalue weighted by Crippen LogP contribution is 2.50. The Kier molecular flexibility index (Phi) is 4.62. The van der Waals surface area contributed by atoms with Crippen LogP contribution in [0.15, 0.2) is 5.38 Å².